The molecule has 0 bridgehead atoms. The molecule has 1 N–H and O–H groups in total. The number of carboxylic acids is 1. The topological polar surface area (TPSA) is 57.6 Å². The number of benzene rings is 2. The van der Waals surface area contributed by atoms with Crippen LogP contribution in [0, 0.1) is 0 Å². The van der Waals surface area contributed by atoms with Gasteiger partial charge in [0, 0.05) is 6.54 Å². The van der Waals surface area contributed by atoms with Crippen LogP contribution in [0.4, 0.5) is 0 Å². The van der Waals surface area contributed by atoms with Crippen LogP contribution in [-0.4, -0.2) is 28.4 Å². The van der Waals surface area contributed by atoms with E-state index in [2.05, 4.69) is 6.92 Å². The Morgan fingerprint density at radius 2 is 1.88 bits per heavy atom. The van der Waals surface area contributed by atoms with E-state index in [0.29, 0.717) is 13.0 Å². The Labute approximate surface area is 141 Å². The van der Waals surface area contributed by atoms with Gasteiger partial charge in [0.25, 0.3) is 0 Å². The Morgan fingerprint density at radius 1 is 1.12 bits per heavy atom. The van der Waals surface area contributed by atoms with Crippen LogP contribution in [0.15, 0.2) is 48.5 Å². The Bertz CT molecular complexity index is 769. The highest BCUT2D eigenvalue weighted by atomic mass is 16.4. The molecule has 1 aliphatic rings. The van der Waals surface area contributed by atoms with Crippen molar-refractivity contribution in [2.45, 2.75) is 32.2 Å². The van der Waals surface area contributed by atoms with Crippen LogP contribution in [0.1, 0.15) is 35.2 Å². The van der Waals surface area contributed by atoms with Crippen LogP contribution in [0.3, 0.4) is 0 Å². The van der Waals surface area contributed by atoms with Gasteiger partial charge in [-0.05, 0) is 35.1 Å². The minimum atomic E-state index is -0.974. The second-order valence-electron chi connectivity index (χ2n) is 6.13. The van der Waals surface area contributed by atoms with Gasteiger partial charge in [-0.2, -0.15) is 0 Å². The molecule has 4 heteroatoms. The summed E-state index contributed by atoms with van der Waals surface area (Å²) in [5.41, 5.74) is 3.86. The maximum atomic E-state index is 12.8. The lowest BCUT2D eigenvalue weighted by atomic mass is 9.92. The third-order valence-corrected chi connectivity index (χ3v) is 4.59. The average Bonchev–Trinajstić information content (AvgIpc) is 2.60. The predicted molar refractivity (Wildman–Crippen MR) is 91.8 cm³/mol. The number of aliphatic carboxylic acids is 1. The fraction of sp³-hybridized carbons (Fsp3) is 0.300. The summed E-state index contributed by atoms with van der Waals surface area (Å²) in [5.74, 6) is -1.11. The summed E-state index contributed by atoms with van der Waals surface area (Å²) in [4.78, 5) is 26.0. The van der Waals surface area contributed by atoms with Crippen molar-refractivity contribution >= 4 is 11.9 Å². The number of carbonyl (C=O) groups excluding carboxylic acids is 1. The van der Waals surface area contributed by atoms with Gasteiger partial charge in [-0.25, -0.2) is 4.79 Å². The highest BCUT2D eigenvalue weighted by molar-refractivity contribution is 5.86. The molecule has 0 saturated heterocycles. The molecule has 1 amide bonds. The molecule has 1 unspecified atom stereocenters. The van der Waals surface area contributed by atoms with Crippen molar-refractivity contribution < 1.29 is 14.7 Å². The number of hydrogen-bond acceptors (Lipinski definition) is 2. The van der Waals surface area contributed by atoms with E-state index >= 15 is 0 Å². The smallest absolute Gasteiger partial charge is 0.331 e. The maximum absolute atomic E-state index is 12.8. The van der Waals surface area contributed by atoms with E-state index in [-0.39, 0.29) is 12.3 Å². The predicted octanol–water partition coefficient (Wildman–Crippen LogP) is 3.00. The summed E-state index contributed by atoms with van der Waals surface area (Å²) in [7, 11) is 0. The van der Waals surface area contributed by atoms with Crippen molar-refractivity contribution in [3.05, 3.63) is 70.8 Å². The van der Waals surface area contributed by atoms with Crippen molar-refractivity contribution in [2.75, 3.05) is 6.54 Å². The number of aryl methyl sites for hydroxylation is 1. The minimum Gasteiger partial charge on any atom is -0.479 e. The molecule has 124 valence electrons. The summed E-state index contributed by atoms with van der Waals surface area (Å²) in [6.45, 7) is 2.52. The van der Waals surface area contributed by atoms with E-state index in [1.165, 1.54) is 10.5 Å². The van der Waals surface area contributed by atoms with Crippen LogP contribution >= 0.6 is 0 Å². The zero-order valence-electron chi connectivity index (χ0n) is 13.7. The molecule has 0 aromatic heterocycles. The number of carbonyl (C=O) groups is 2. The number of fused-ring (bicyclic) bond motifs is 1. The van der Waals surface area contributed by atoms with Gasteiger partial charge in [0.05, 0.1) is 6.42 Å². The fourth-order valence-corrected chi connectivity index (χ4v) is 3.34. The van der Waals surface area contributed by atoms with Gasteiger partial charge in [-0.3, -0.25) is 4.79 Å². The normalized spacial score (nSPS) is 16.5. The molecule has 0 radical (unpaired) electrons. The quantitative estimate of drug-likeness (QED) is 0.941. The molecule has 1 aliphatic heterocycles. The van der Waals surface area contributed by atoms with Crippen LogP contribution < -0.4 is 0 Å². The Morgan fingerprint density at radius 3 is 2.62 bits per heavy atom. The van der Waals surface area contributed by atoms with Crippen LogP contribution in [0.25, 0.3) is 0 Å². The molecule has 2 aromatic rings. The van der Waals surface area contributed by atoms with Gasteiger partial charge in [0.15, 0.2) is 6.04 Å². The summed E-state index contributed by atoms with van der Waals surface area (Å²) < 4.78 is 0. The SMILES string of the molecule is CCc1cccc(CC(=O)N2CCc3ccccc3C2C(=O)O)c1. The minimum absolute atomic E-state index is 0.134. The third kappa shape index (κ3) is 3.18. The highest BCUT2D eigenvalue weighted by Gasteiger charge is 2.35. The van der Waals surface area contributed by atoms with Crippen molar-refractivity contribution in [1.29, 1.82) is 0 Å². The van der Waals surface area contributed by atoms with Gasteiger partial charge < -0.3 is 10.0 Å². The Hall–Kier alpha value is -2.62. The number of nitrogens with zero attached hydrogens (tertiary/aromatic N) is 1. The average molecular weight is 323 g/mol. The fourth-order valence-electron chi connectivity index (χ4n) is 3.34. The number of amides is 1. The standard InChI is InChI=1S/C20H21NO3/c1-2-14-6-5-7-15(12-14)13-18(22)21-11-10-16-8-3-4-9-17(16)19(21)20(23)24/h3-9,12,19H,2,10-11,13H2,1H3,(H,23,24). The first-order chi connectivity index (χ1) is 11.6. The van der Waals surface area contributed by atoms with E-state index < -0.39 is 12.0 Å². The van der Waals surface area contributed by atoms with Gasteiger partial charge >= 0.3 is 5.97 Å². The molecule has 0 spiro atoms. The molecule has 0 fully saturated rings. The monoisotopic (exact) mass is 323 g/mol. The van der Waals surface area contributed by atoms with Crippen molar-refractivity contribution in [3.8, 4) is 0 Å². The summed E-state index contributed by atoms with van der Waals surface area (Å²) >= 11 is 0. The maximum Gasteiger partial charge on any atom is 0.331 e. The molecule has 0 saturated carbocycles. The first-order valence-electron chi connectivity index (χ1n) is 8.28. The number of rotatable bonds is 4. The van der Waals surface area contributed by atoms with Crippen molar-refractivity contribution in [2.24, 2.45) is 0 Å². The molecular weight excluding hydrogens is 302 g/mol. The summed E-state index contributed by atoms with van der Waals surface area (Å²) in [6, 6.07) is 14.5. The van der Waals surface area contributed by atoms with E-state index in [1.54, 1.807) is 0 Å². The van der Waals surface area contributed by atoms with Gasteiger partial charge in [-0.15, -0.1) is 0 Å². The largest absolute Gasteiger partial charge is 0.479 e. The van der Waals surface area contributed by atoms with Gasteiger partial charge in [-0.1, -0.05) is 55.5 Å². The second-order valence-corrected chi connectivity index (χ2v) is 6.13. The second kappa shape index (κ2) is 6.87. The van der Waals surface area contributed by atoms with E-state index in [0.717, 1.165) is 23.1 Å². The van der Waals surface area contributed by atoms with Crippen LogP contribution in [0.5, 0.6) is 0 Å². The zero-order valence-corrected chi connectivity index (χ0v) is 13.7. The first kappa shape index (κ1) is 16.2. The van der Waals surface area contributed by atoms with Gasteiger partial charge in [0.1, 0.15) is 0 Å². The van der Waals surface area contributed by atoms with Crippen molar-refractivity contribution in [1.82, 2.24) is 4.90 Å². The van der Waals surface area contributed by atoms with E-state index in [1.807, 2.05) is 48.5 Å². The molecule has 3 rings (SSSR count). The molecule has 24 heavy (non-hydrogen) atoms. The lowest BCUT2D eigenvalue weighted by molar-refractivity contribution is -0.151. The summed E-state index contributed by atoms with van der Waals surface area (Å²) in [5, 5.41) is 9.66. The highest BCUT2D eigenvalue weighted by Crippen LogP contribution is 2.30. The van der Waals surface area contributed by atoms with E-state index in [9.17, 15) is 14.7 Å². The third-order valence-electron chi connectivity index (χ3n) is 4.59. The molecule has 2 aromatic carbocycles. The van der Waals surface area contributed by atoms with E-state index in [4.69, 9.17) is 0 Å². The first-order valence-corrected chi connectivity index (χ1v) is 8.28. The van der Waals surface area contributed by atoms with Crippen molar-refractivity contribution in [3.63, 3.8) is 0 Å². The summed E-state index contributed by atoms with van der Waals surface area (Å²) in [6.07, 6.45) is 1.84. The number of carboxylic acid groups (broad SMARTS) is 1. The molecule has 1 heterocycles. The van der Waals surface area contributed by atoms with Crippen LogP contribution in [0.2, 0.25) is 0 Å². The Kier molecular flexibility index (Phi) is 4.65. The Balaban J connectivity index is 1.85. The van der Waals surface area contributed by atoms with Gasteiger partial charge in [0.2, 0.25) is 5.91 Å². The number of hydrogen-bond donors (Lipinski definition) is 1. The van der Waals surface area contributed by atoms with Crippen LogP contribution in [-0.2, 0) is 28.9 Å². The lowest BCUT2D eigenvalue weighted by Gasteiger charge is -2.35. The molecule has 1 atom stereocenters. The zero-order chi connectivity index (χ0) is 17.1. The lowest BCUT2D eigenvalue weighted by Crippen LogP contribution is -2.44. The molecule has 0 aliphatic carbocycles. The molecule has 4 nitrogen and oxygen atoms in total. The molecular formula is C20H21NO3.